The number of halogens is 1. The minimum Gasteiger partial charge on any atom is -0.299 e. The van der Waals surface area contributed by atoms with E-state index >= 15 is 0 Å². The standard InChI is InChI=1S/C18H23ClO/c19-16-9-4-8-15(13-16)18(10-5-11-18)17(20)12-14-6-2-1-3-7-14/h4,8-9,13-14H,1-3,5-7,10-12H2. The van der Waals surface area contributed by atoms with Gasteiger partial charge in [0.25, 0.3) is 0 Å². The van der Waals surface area contributed by atoms with Gasteiger partial charge in [0.05, 0.1) is 5.41 Å². The van der Waals surface area contributed by atoms with E-state index in [9.17, 15) is 4.79 Å². The zero-order chi connectivity index (χ0) is 14.0. The van der Waals surface area contributed by atoms with Crippen molar-refractivity contribution >= 4 is 17.4 Å². The Labute approximate surface area is 126 Å². The van der Waals surface area contributed by atoms with Crippen molar-refractivity contribution in [2.75, 3.05) is 0 Å². The predicted octanol–water partition coefficient (Wildman–Crippen LogP) is 5.30. The third-order valence-electron chi connectivity index (χ3n) is 5.32. The summed E-state index contributed by atoms with van der Waals surface area (Å²) in [5, 5.41) is 0.749. The topological polar surface area (TPSA) is 17.1 Å². The lowest BCUT2D eigenvalue weighted by molar-refractivity contribution is -0.128. The average Bonchev–Trinajstić information content (AvgIpc) is 2.38. The Kier molecular flexibility index (Phi) is 4.16. The number of hydrogen-bond donors (Lipinski definition) is 0. The van der Waals surface area contributed by atoms with Gasteiger partial charge in [-0.15, -0.1) is 0 Å². The van der Waals surface area contributed by atoms with Crippen LogP contribution in [0.1, 0.15) is 63.4 Å². The van der Waals surface area contributed by atoms with Gasteiger partial charge in [0.1, 0.15) is 5.78 Å². The molecule has 2 saturated carbocycles. The molecule has 1 nitrogen and oxygen atoms in total. The van der Waals surface area contributed by atoms with Crippen LogP contribution in [0.4, 0.5) is 0 Å². The van der Waals surface area contributed by atoms with E-state index < -0.39 is 0 Å². The van der Waals surface area contributed by atoms with Crippen molar-refractivity contribution in [3.05, 3.63) is 34.9 Å². The summed E-state index contributed by atoms with van der Waals surface area (Å²) in [5.74, 6) is 1.10. The van der Waals surface area contributed by atoms with Gasteiger partial charge in [0.2, 0.25) is 0 Å². The van der Waals surface area contributed by atoms with Crippen LogP contribution < -0.4 is 0 Å². The summed E-state index contributed by atoms with van der Waals surface area (Å²) in [5.41, 5.74) is 0.944. The maximum absolute atomic E-state index is 12.9. The molecule has 0 aliphatic heterocycles. The van der Waals surface area contributed by atoms with Gasteiger partial charge in [-0.25, -0.2) is 0 Å². The Morgan fingerprint density at radius 3 is 2.50 bits per heavy atom. The van der Waals surface area contributed by atoms with Crippen molar-refractivity contribution in [2.24, 2.45) is 5.92 Å². The third-order valence-corrected chi connectivity index (χ3v) is 5.55. The molecule has 1 aromatic rings. The molecule has 0 spiro atoms. The number of Topliss-reactive ketones (excluding diaryl/α,β-unsaturated/α-hetero) is 1. The van der Waals surface area contributed by atoms with Crippen molar-refractivity contribution < 1.29 is 4.79 Å². The van der Waals surface area contributed by atoms with Crippen LogP contribution in [0, 0.1) is 5.92 Å². The predicted molar refractivity (Wildman–Crippen MR) is 83.2 cm³/mol. The summed E-state index contributed by atoms with van der Waals surface area (Å²) >= 11 is 6.12. The van der Waals surface area contributed by atoms with E-state index in [0.717, 1.165) is 29.8 Å². The van der Waals surface area contributed by atoms with E-state index in [4.69, 9.17) is 11.6 Å². The van der Waals surface area contributed by atoms with Crippen molar-refractivity contribution in [3.8, 4) is 0 Å². The number of benzene rings is 1. The van der Waals surface area contributed by atoms with Crippen molar-refractivity contribution in [1.82, 2.24) is 0 Å². The molecular weight excluding hydrogens is 268 g/mol. The zero-order valence-electron chi connectivity index (χ0n) is 12.0. The third kappa shape index (κ3) is 2.65. The first-order chi connectivity index (χ1) is 9.71. The molecule has 0 aromatic heterocycles. The van der Waals surface area contributed by atoms with Crippen LogP contribution in [0.5, 0.6) is 0 Å². The van der Waals surface area contributed by atoms with Gasteiger partial charge in [-0.2, -0.15) is 0 Å². The smallest absolute Gasteiger partial charge is 0.143 e. The Morgan fingerprint density at radius 1 is 1.15 bits per heavy atom. The van der Waals surface area contributed by atoms with Crippen molar-refractivity contribution in [3.63, 3.8) is 0 Å². The minimum absolute atomic E-state index is 0.206. The van der Waals surface area contributed by atoms with E-state index in [2.05, 4.69) is 6.07 Å². The molecule has 2 aliphatic rings. The molecule has 0 bridgehead atoms. The van der Waals surface area contributed by atoms with E-state index in [1.807, 2.05) is 18.2 Å². The molecule has 20 heavy (non-hydrogen) atoms. The molecule has 0 amide bonds. The summed E-state index contributed by atoms with van der Waals surface area (Å²) in [6.45, 7) is 0. The highest BCUT2D eigenvalue weighted by Crippen LogP contribution is 2.47. The van der Waals surface area contributed by atoms with Crippen molar-refractivity contribution in [1.29, 1.82) is 0 Å². The van der Waals surface area contributed by atoms with Crippen LogP contribution in [0.15, 0.2) is 24.3 Å². The van der Waals surface area contributed by atoms with E-state index in [-0.39, 0.29) is 5.41 Å². The van der Waals surface area contributed by atoms with E-state index in [1.54, 1.807) is 0 Å². The highest BCUT2D eigenvalue weighted by molar-refractivity contribution is 6.30. The molecular formula is C18H23ClO. The second-order valence-electron chi connectivity index (χ2n) is 6.58. The van der Waals surface area contributed by atoms with Crippen LogP contribution in [0.2, 0.25) is 5.02 Å². The summed E-state index contributed by atoms with van der Waals surface area (Å²) in [6, 6.07) is 7.96. The van der Waals surface area contributed by atoms with Gasteiger partial charge >= 0.3 is 0 Å². The molecule has 2 aliphatic carbocycles. The first-order valence-corrected chi connectivity index (χ1v) is 8.38. The average molecular weight is 291 g/mol. The van der Waals surface area contributed by atoms with Gasteiger partial charge in [-0.05, 0) is 36.5 Å². The Morgan fingerprint density at radius 2 is 1.90 bits per heavy atom. The summed E-state index contributed by atoms with van der Waals surface area (Å²) < 4.78 is 0. The van der Waals surface area contributed by atoms with Gasteiger partial charge in [-0.3, -0.25) is 4.79 Å². The molecule has 108 valence electrons. The molecule has 0 radical (unpaired) electrons. The van der Waals surface area contributed by atoms with Crippen molar-refractivity contribution in [2.45, 2.75) is 63.2 Å². The Balaban J connectivity index is 1.76. The Hall–Kier alpha value is -0.820. The lowest BCUT2D eigenvalue weighted by atomic mass is 9.60. The second-order valence-corrected chi connectivity index (χ2v) is 7.01. The molecule has 2 fully saturated rings. The normalized spacial score (nSPS) is 22.2. The summed E-state index contributed by atoms with van der Waals surface area (Å²) in [6.07, 6.45) is 10.4. The van der Waals surface area contributed by atoms with E-state index in [1.165, 1.54) is 38.5 Å². The minimum atomic E-state index is -0.206. The molecule has 3 rings (SSSR count). The molecule has 0 unspecified atom stereocenters. The Bertz CT molecular complexity index is 484. The van der Waals surface area contributed by atoms with Crippen LogP contribution in [-0.4, -0.2) is 5.78 Å². The summed E-state index contributed by atoms with van der Waals surface area (Å²) in [7, 11) is 0. The fourth-order valence-electron chi connectivity index (χ4n) is 3.89. The molecule has 0 atom stereocenters. The SMILES string of the molecule is O=C(CC1CCCCC1)C1(c2cccc(Cl)c2)CCC1. The van der Waals surface area contributed by atoms with Crippen LogP contribution in [0.25, 0.3) is 0 Å². The first kappa shape index (κ1) is 14.1. The summed E-state index contributed by atoms with van der Waals surface area (Å²) in [4.78, 5) is 12.9. The molecule has 2 heteroatoms. The quantitative estimate of drug-likeness (QED) is 0.735. The van der Waals surface area contributed by atoms with Crippen LogP contribution >= 0.6 is 11.6 Å². The lowest BCUT2D eigenvalue weighted by Gasteiger charge is -2.42. The van der Waals surface area contributed by atoms with Gasteiger partial charge in [-0.1, -0.05) is 62.3 Å². The maximum Gasteiger partial charge on any atom is 0.143 e. The lowest BCUT2D eigenvalue weighted by Crippen LogP contribution is -2.43. The van der Waals surface area contributed by atoms with Gasteiger partial charge < -0.3 is 0 Å². The van der Waals surface area contributed by atoms with E-state index in [0.29, 0.717) is 11.7 Å². The zero-order valence-corrected chi connectivity index (χ0v) is 12.8. The molecule has 1 aromatic carbocycles. The monoisotopic (exact) mass is 290 g/mol. The first-order valence-electron chi connectivity index (χ1n) is 8.00. The molecule has 0 heterocycles. The number of ketones is 1. The van der Waals surface area contributed by atoms with Gasteiger partial charge in [0.15, 0.2) is 0 Å². The maximum atomic E-state index is 12.9. The molecule has 0 N–H and O–H groups in total. The van der Waals surface area contributed by atoms with Gasteiger partial charge in [0, 0.05) is 11.4 Å². The number of rotatable bonds is 4. The fraction of sp³-hybridized carbons (Fsp3) is 0.611. The van der Waals surface area contributed by atoms with Crippen LogP contribution in [-0.2, 0) is 10.2 Å². The highest BCUT2D eigenvalue weighted by Gasteiger charge is 2.45. The number of hydrogen-bond acceptors (Lipinski definition) is 1. The second kappa shape index (κ2) is 5.89. The van der Waals surface area contributed by atoms with Crippen LogP contribution in [0.3, 0.4) is 0 Å². The highest BCUT2D eigenvalue weighted by atomic mass is 35.5. The largest absolute Gasteiger partial charge is 0.299 e. The number of carbonyl (C=O) groups is 1. The molecule has 0 saturated heterocycles. The number of carbonyl (C=O) groups excluding carboxylic acids is 1. The fourth-order valence-corrected chi connectivity index (χ4v) is 4.08.